The summed E-state index contributed by atoms with van der Waals surface area (Å²) in [5, 5.41) is 26.6. The average Bonchev–Trinajstić information content (AvgIpc) is 3.58. The van der Waals surface area contributed by atoms with Crippen molar-refractivity contribution in [1.82, 2.24) is 34.8 Å². The summed E-state index contributed by atoms with van der Waals surface area (Å²) < 4.78 is 3.93. The molecular formula is C26H31N7O3. The molecule has 1 amide bonds. The van der Waals surface area contributed by atoms with Crippen molar-refractivity contribution in [3.63, 3.8) is 0 Å². The van der Waals surface area contributed by atoms with E-state index in [4.69, 9.17) is 10.2 Å². The number of aliphatic hydroxyl groups is 1. The van der Waals surface area contributed by atoms with Crippen molar-refractivity contribution in [2.45, 2.75) is 38.1 Å². The summed E-state index contributed by atoms with van der Waals surface area (Å²) in [6.07, 6.45) is 17.0. The van der Waals surface area contributed by atoms with Crippen molar-refractivity contribution in [2.24, 2.45) is 7.05 Å². The van der Waals surface area contributed by atoms with Crippen molar-refractivity contribution in [3.8, 4) is 33.6 Å². The zero-order chi connectivity index (χ0) is 25.3. The van der Waals surface area contributed by atoms with Crippen LogP contribution in [0.5, 0.6) is 0 Å². The van der Waals surface area contributed by atoms with Gasteiger partial charge in [-0.1, -0.05) is 37.5 Å². The summed E-state index contributed by atoms with van der Waals surface area (Å²) in [6, 6.07) is 8.79. The Balaban J connectivity index is 0.000000384. The Morgan fingerprint density at radius 3 is 2.28 bits per heavy atom. The number of aryl methyl sites for hydroxylation is 1. The van der Waals surface area contributed by atoms with Gasteiger partial charge in [0, 0.05) is 60.6 Å². The largest absolute Gasteiger partial charge is 0.465 e. The lowest BCUT2D eigenvalue weighted by atomic mass is 9.96. The smallest absolute Gasteiger partial charge is 0.404 e. The summed E-state index contributed by atoms with van der Waals surface area (Å²) >= 11 is 0. The molecule has 1 aromatic carbocycles. The van der Waals surface area contributed by atoms with Gasteiger partial charge in [-0.25, -0.2) is 14.8 Å². The van der Waals surface area contributed by atoms with E-state index < -0.39 is 6.09 Å². The molecule has 1 aliphatic rings. The number of benzene rings is 1. The standard InChI is InChI=1S/C23H24N6.C3H7NO3/c1-28-15-20(13-26-28)17-6-5-7-18(10-17)23-24-11-19(12-25-23)21-14-27-29(16-21)22-8-3-2-4-9-22;5-2-1-4-3(6)7/h5-7,10-16,22H,2-4,8-9H2,1H3;4-5H,1-2H2,(H,6,7). The molecule has 0 spiro atoms. The normalized spacial score (nSPS) is 13.6. The fourth-order valence-electron chi connectivity index (χ4n) is 4.23. The number of rotatable bonds is 6. The molecule has 1 saturated carbocycles. The number of carboxylic acid groups (broad SMARTS) is 1. The highest BCUT2D eigenvalue weighted by atomic mass is 16.4. The van der Waals surface area contributed by atoms with Crippen LogP contribution in [0.15, 0.2) is 61.4 Å². The average molecular weight is 490 g/mol. The Kier molecular flexibility index (Phi) is 8.40. The molecular weight excluding hydrogens is 458 g/mol. The van der Waals surface area contributed by atoms with Gasteiger partial charge >= 0.3 is 6.09 Å². The molecule has 5 rings (SSSR count). The molecule has 10 nitrogen and oxygen atoms in total. The molecule has 3 aromatic heterocycles. The Hall–Kier alpha value is -4.05. The molecule has 0 unspecified atom stereocenters. The topological polar surface area (TPSA) is 131 Å². The van der Waals surface area contributed by atoms with E-state index in [0.29, 0.717) is 6.04 Å². The maximum Gasteiger partial charge on any atom is 0.404 e. The first-order chi connectivity index (χ1) is 17.5. The van der Waals surface area contributed by atoms with E-state index in [2.05, 4.69) is 43.2 Å². The van der Waals surface area contributed by atoms with Gasteiger partial charge in [0.25, 0.3) is 0 Å². The Labute approximate surface area is 209 Å². The van der Waals surface area contributed by atoms with Crippen LogP contribution in [0, 0.1) is 0 Å². The van der Waals surface area contributed by atoms with Crippen molar-refractivity contribution in [3.05, 3.63) is 61.4 Å². The first-order valence-electron chi connectivity index (χ1n) is 12.1. The van der Waals surface area contributed by atoms with Crippen LogP contribution in [-0.4, -0.2) is 59.0 Å². The third kappa shape index (κ3) is 6.54. The van der Waals surface area contributed by atoms with Crippen molar-refractivity contribution >= 4 is 6.09 Å². The van der Waals surface area contributed by atoms with Crippen LogP contribution in [0.1, 0.15) is 38.1 Å². The molecule has 188 valence electrons. The van der Waals surface area contributed by atoms with Gasteiger partial charge in [-0.15, -0.1) is 0 Å². The minimum Gasteiger partial charge on any atom is -0.465 e. The summed E-state index contributed by atoms with van der Waals surface area (Å²) in [6.45, 7) is -0.0400. The van der Waals surface area contributed by atoms with Crippen molar-refractivity contribution in [1.29, 1.82) is 0 Å². The molecule has 36 heavy (non-hydrogen) atoms. The van der Waals surface area contributed by atoms with Gasteiger partial charge in [-0.2, -0.15) is 10.2 Å². The molecule has 4 aromatic rings. The number of nitrogens with one attached hydrogen (secondary N) is 1. The van der Waals surface area contributed by atoms with E-state index in [1.54, 1.807) is 4.68 Å². The highest BCUT2D eigenvalue weighted by molar-refractivity contribution is 5.70. The predicted octanol–water partition coefficient (Wildman–Crippen LogP) is 4.16. The second kappa shape index (κ2) is 12.1. The monoisotopic (exact) mass is 489 g/mol. The highest BCUT2D eigenvalue weighted by Crippen LogP contribution is 2.29. The number of hydrogen-bond donors (Lipinski definition) is 3. The minimum atomic E-state index is -1.10. The second-order valence-corrected chi connectivity index (χ2v) is 8.74. The zero-order valence-electron chi connectivity index (χ0n) is 20.3. The van der Waals surface area contributed by atoms with Crippen molar-refractivity contribution in [2.75, 3.05) is 13.2 Å². The van der Waals surface area contributed by atoms with E-state index in [9.17, 15) is 4.79 Å². The molecule has 1 fully saturated rings. The van der Waals surface area contributed by atoms with Gasteiger partial charge in [0.15, 0.2) is 5.82 Å². The quantitative estimate of drug-likeness (QED) is 0.371. The van der Waals surface area contributed by atoms with E-state index in [-0.39, 0.29) is 13.2 Å². The van der Waals surface area contributed by atoms with E-state index >= 15 is 0 Å². The zero-order valence-corrected chi connectivity index (χ0v) is 20.3. The first-order valence-corrected chi connectivity index (χ1v) is 12.1. The number of aromatic nitrogens is 6. The number of aliphatic hydroxyl groups excluding tert-OH is 1. The fourth-order valence-corrected chi connectivity index (χ4v) is 4.23. The van der Waals surface area contributed by atoms with Crippen LogP contribution in [0.4, 0.5) is 4.79 Å². The number of hydrogen-bond acceptors (Lipinski definition) is 6. The van der Waals surface area contributed by atoms with E-state index in [1.807, 2.05) is 55.5 Å². The summed E-state index contributed by atoms with van der Waals surface area (Å²) in [5.74, 6) is 0.721. The van der Waals surface area contributed by atoms with Gasteiger partial charge in [-0.3, -0.25) is 9.36 Å². The van der Waals surface area contributed by atoms with Crippen molar-refractivity contribution < 1.29 is 15.0 Å². The molecule has 0 atom stereocenters. The van der Waals surface area contributed by atoms with Crippen LogP contribution >= 0.6 is 0 Å². The molecule has 0 radical (unpaired) electrons. The van der Waals surface area contributed by atoms with Crippen LogP contribution in [0.3, 0.4) is 0 Å². The SMILES string of the molecule is Cn1cc(-c2cccc(-c3ncc(-c4cnn(C5CCCCC5)c4)cn3)c2)cn1.O=C(O)NCCO. The maximum atomic E-state index is 9.54. The number of amides is 1. The lowest BCUT2D eigenvalue weighted by Gasteiger charge is -2.21. The molecule has 3 N–H and O–H groups in total. The van der Waals surface area contributed by atoms with Gasteiger partial charge in [0.05, 0.1) is 25.0 Å². The minimum absolute atomic E-state index is 0.106. The summed E-state index contributed by atoms with van der Waals surface area (Å²) in [7, 11) is 1.92. The molecule has 0 saturated heterocycles. The lowest BCUT2D eigenvalue weighted by molar-refractivity contribution is 0.190. The summed E-state index contributed by atoms with van der Waals surface area (Å²) in [4.78, 5) is 18.8. The summed E-state index contributed by atoms with van der Waals surface area (Å²) in [5.41, 5.74) is 5.26. The molecule has 3 heterocycles. The third-order valence-electron chi connectivity index (χ3n) is 6.08. The second-order valence-electron chi connectivity index (χ2n) is 8.74. The van der Waals surface area contributed by atoms with Gasteiger partial charge in [0.2, 0.25) is 0 Å². The van der Waals surface area contributed by atoms with Crippen LogP contribution in [-0.2, 0) is 7.05 Å². The predicted molar refractivity (Wildman–Crippen MR) is 136 cm³/mol. The molecule has 0 bridgehead atoms. The van der Waals surface area contributed by atoms with Crippen LogP contribution in [0.2, 0.25) is 0 Å². The Morgan fingerprint density at radius 2 is 1.64 bits per heavy atom. The Bertz CT molecular complexity index is 1260. The van der Waals surface area contributed by atoms with Crippen LogP contribution in [0.25, 0.3) is 33.6 Å². The maximum absolute atomic E-state index is 9.54. The van der Waals surface area contributed by atoms with Gasteiger partial charge in [-0.05, 0) is 24.5 Å². The highest BCUT2D eigenvalue weighted by Gasteiger charge is 2.16. The van der Waals surface area contributed by atoms with Gasteiger partial charge in [0.1, 0.15) is 0 Å². The third-order valence-corrected chi connectivity index (χ3v) is 6.08. The van der Waals surface area contributed by atoms with Gasteiger partial charge < -0.3 is 15.5 Å². The van der Waals surface area contributed by atoms with E-state index in [0.717, 1.165) is 33.6 Å². The molecule has 1 aliphatic carbocycles. The first kappa shape index (κ1) is 25.1. The lowest BCUT2D eigenvalue weighted by Crippen LogP contribution is -2.23. The number of carbonyl (C=O) groups is 1. The molecule has 10 heteroatoms. The Morgan fingerprint density at radius 1 is 0.944 bits per heavy atom. The number of nitrogens with zero attached hydrogens (tertiary/aromatic N) is 6. The molecule has 0 aliphatic heterocycles. The fraction of sp³-hybridized carbons (Fsp3) is 0.346. The van der Waals surface area contributed by atoms with Crippen LogP contribution < -0.4 is 5.32 Å². The van der Waals surface area contributed by atoms with E-state index in [1.165, 1.54) is 32.1 Å².